The third kappa shape index (κ3) is 24.2. The lowest BCUT2D eigenvalue weighted by Crippen LogP contribution is -2.28. The van der Waals surface area contributed by atoms with Gasteiger partial charge in [0.15, 0.2) is 23.3 Å². The van der Waals surface area contributed by atoms with E-state index in [2.05, 4.69) is 22.0 Å². The molecule has 2 aromatic rings. The number of hydrogen-bond donors (Lipinski definition) is 4. The molecule has 0 saturated heterocycles. The van der Waals surface area contributed by atoms with Crippen LogP contribution in [0.25, 0.3) is 6.08 Å². The number of sulfonamides is 1. The number of guanidine groups is 1. The minimum atomic E-state index is -3.92. The van der Waals surface area contributed by atoms with Gasteiger partial charge in [0.05, 0.1) is 104 Å². The summed E-state index contributed by atoms with van der Waals surface area (Å²) in [6.45, 7) is 10.1. The van der Waals surface area contributed by atoms with Crippen LogP contribution in [0.2, 0.25) is 0 Å². The van der Waals surface area contributed by atoms with Crippen molar-refractivity contribution in [3.8, 4) is 11.5 Å². The van der Waals surface area contributed by atoms with Crippen molar-refractivity contribution in [1.29, 1.82) is 0 Å². The zero-order valence-electron chi connectivity index (χ0n) is 34.3. The topological polar surface area (TPSA) is 240 Å². The number of hydrogen-bond acceptors (Lipinski definition) is 13. The van der Waals surface area contributed by atoms with E-state index in [4.69, 9.17) is 54.1 Å². The Kier molecular flexibility index (Phi) is 27.4. The second-order valence-corrected chi connectivity index (χ2v) is 14.2. The molecule has 0 aliphatic carbocycles. The summed E-state index contributed by atoms with van der Waals surface area (Å²) in [4.78, 5) is 27.0. The molecule has 2 amide bonds. The highest BCUT2D eigenvalue weighted by atomic mass is 32.2. The molecule has 0 aromatic heterocycles. The lowest BCUT2D eigenvalue weighted by Gasteiger charge is -2.11. The van der Waals surface area contributed by atoms with Crippen LogP contribution in [0.5, 0.6) is 11.5 Å². The normalized spacial score (nSPS) is 11.8. The molecule has 0 bridgehead atoms. The number of halogens is 2. The van der Waals surface area contributed by atoms with Crippen LogP contribution in [0.1, 0.15) is 32.3 Å². The van der Waals surface area contributed by atoms with Crippen molar-refractivity contribution in [2.45, 2.75) is 31.6 Å². The Morgan fingerprint density at radius 1 is 0.683 bits per heavy atom. The fraction of sp³-hybridized carbons (Fsp3) is 0.564. The second kappa shape index (κ2) is 31.7. The summed E-state index contributed by atoms with van der Waals surface area (Å²) in [5.41, 5.74) is 10.4. The molecule has 0 fully saturated rings. The van der Waals surface area contributed by atoms with Crippen molar-refractivity contribution in [3.63, 3.8) is 0 Å². The van der Waals surface area contributed by atoms with Gasteiger partial charge < -0.3 is 59.4 Å². The van der Waals surface area contributed by atoms with Crippen LogP contribution in [-0.4, -0.2) is 145 Å². The number of nitrogens with one attached hydrogen (secondary N) is 2. The summed E-state index contributed by atoms with van der Waals surface area (Å²) in [5, 5.41) is 2.75. The number of aliphatic imine (C=N–C) groups is 1. The van der Waals surface area contributed by atoms with Crippen molar-refractivity contribution in [1.82, 2.24) is 10.0 Å². The first-order chi connectivity index (χ1) is 28.9. The SMILES string of the molecule is CCCOCCOCCOCCOCCOCCC(=O)NCCOCCOCCOCCNS(=O)(=O)c1ccc(Oc2c(F)cc(/C=C(\C)C(=O)N=C(N)N)cc2F)cc1. The summed E-state index contributed by atoms with van der Waals surface area (Å²) in [6, 6.07) is 6.83. The largest absolute Gasteiger partial charge is 0.451 e. The highest BCUT2D eigenvalue weighted by Crippen LogP contribution is 2.30. The summed E-state index contributed by atoms with van der Waals surface area (Å²) in [6.07, 6.45) is 2.41. The van der Waals surface area contributed by atoms with E-state index < -0.39 is 39.3 Å². The van der Waals surface area contributed by atoms with Crippen molar-refractivity contribution in [3.05, 3.63) is 59.2 Å². The smallest absolute Gasteiger partial charge is 0.275 e. The van der Waals surface area contributed by atoms with E-state index in [-0.39, 0.29) is 67.1 Å². The molecule has 0 aliphatic heterocycles. The van der Waals surface area contributed by atoms with Crippen LogP contribution < -0.4 is 26.2 Å². The van der Waals surface area contributed by atoms with Gasteiger partial charge in [0.2, 0.25) is 15.9 Å². The van der Waals surface area contributed by atoms with Gasteiger partial charge in [0.1, 0.15) is 5.75 Å². The Balaban J connectivity index is 1.45. The molecule has 0 heterocycles. The number of rotatable bonds is 35. The molecule has 338 valence electrons. The van der Waals surface area contributed by atoms with E-state index in [1.807, 2.05) is 0 Å². The first-order valence-electron chi connectivity index (χ1n) is 19.4. The molecule has 0 aliphatic rings. The summed E-state index contributed by atoms with van der Waals surface area (Å²) in [7, 11) is -3.92. The predicted molar refractivity (Wildman–Crippen MR) is 217 cm³/mol. The van der Waals surface area contributed by atoms with Gasteiger partial charge in [0.25, 0.3) is 5.91 Å². The molecular weight excluding hydrogens is 817 g/mol. The molecule has 0 atom stereocenters. The van der Waals surface area contributed by atoms with Crippen molar-refractivity contribution in [2.75, 3.05) is 119 Å². The molecule has 21 heteroatoms. The van der Waals surface area contributed by atoms with E-state index in [1.165, 1.54) is 37.3 Å². The van der Waals surface area contributed by atoms with Gasteiger partial charge in [-0.2, -0.15) is 4.99 Å². The molecular formula is C39H59F2N5O13S. The third-order valence-corrected chi connectivity index (χ3v) is 8.96. The molecule has 2 rings (SSSR count). The maximum atomic E-state index is 14.7. The quantitative estimate of drug-likeness (QED) is 0.0336. The molecule has 0 radical (unpaired) electrons. The minimum Gasteiger partial charge on any atom is -0.451 e. The monoisotopic (exact) mass is 875 g/mol. The van der Waals surface area contributed by atoms with E-state index in [0.29, 0.717) is 79.2 Å². The summed E-state index contributed by atoms with van der Waals surface area (Å²) < 4.78 is 106. The molecule has 0 spiro atoms. The van der Waals surface area contributed by atoms with Crippen molar-refractivity contribution in [2.24, 2.45) is 16.5 Å². The summed E-state index contributed by atoms with van der Waals surface area (Å²) in [5.74, 6) is -4.23. The highest BCUT2D eigenvalue weighted by molar-refractivity contribution is 7.89. The number of amides is 2. The Labute approximate surface area is 350 Å². The first-order valence-corrected chi connectivity index (χ1v) is 20.9. The van der Waals surface area contributed by atoms with Gasteiger partial charge in [-0.1, -0.05) is 6.92 Å². The van der Waals surface area contributed by atoms with Crippen LogP contribution in [0.4, 0.5) is 8.78 Å². The van der Waals surface area contributed by atoms with Crippen LogP contribution in [0.3, 0.4) is 0 Å². The van der Waals surface area contributed by atoms with E-state index in [0.717, 1.165) is 25.2 Å². The molecule has 18 nitrogen and oxygen atoms in total. The minimum absolute atomic E-state index is 0.0201. The maximum Gasteiger partial charge on any atom is 0.275 e. The fourth-order valence-electron chi connectivity index (χ4n) is 4.60. The number of benzene rings is 2. The average Bonchev–Trinajstić information content (AvgIpc) is 3.20. The first kappa shape index (κ1) is 52.0. The van der Waals surface area contributed by atoms with Gasteiger partial charge in [-0.3, -0.25) is 9.59 Å². The molecule has 2 aromatic carbocycles. The van der Waals surface area contributed by atoms with Crippen LogP contribution >= 0.6 is 0 Å². The highest BCUT2D eigenvalue weighted by Gasteiger charge is 2.17. The van der Waals surface area contributed by atoms with Gasteiger partial charge in [0, 0.05) is 31.7 Å². The van der Waals surface area contributed by atoms with Gasteiger partial charge >= 0.3 is 0 Å². The standard InChI is InChI=1S/C39H59F2N5O13S/c1-3-11-51-15-19-55-23-25-58-26-24-56-20-16-52-12-8-36(47)44-9-13-53-17-21-57-22-18-54-14-10-45-60(49,50)33-6-4-32(5-7-33)59-37-34(40)28-31(29-35(37)41)27-30(2)38(48)46-39(42)43/h4-7,27-29,45H,3,8-26H2,1-2H3,(H,44,47)(H4,42,43,46,48)/b30-27+. The van der Waals surface area contributed by atoms with Gasteiger partial charge in [-0.15, -0.1) is 0 Å². The van der Waals surface area contributed by atoms with Gasteiger partial charge in [-0.05, 0) is 61.4 Å². The number of nitrogens with two attached hydrogens (primary N) is 2. The predicted octanol–water partition coefficient (Wildman–Crippen LogP) is 2.29. The Morgan fingerprint density at radius 3 is 1.62 bits per heavy atom. The van der Waals surface area contributed by atoms with Gasteiger partial charge in [-0.25, -0.2) is 21.9 Å². The molecule has 60 heavy (non-hydrogen) atoms. The number of carbonyl (C=O) groups is 2. The maximum absolute atomic E-state index is 14.7. The number of ether oxygens (including phenoxy) is 9. The summed E-state index contributed by atoms with van der Waals surface area (Å²) >= 11 is 0. The van der Waals surface area contributed by atoms with Crippen LogP contribution in [0.15, 0.2) is 51.9 Å². The molecule has 6 N–H and O–H groups in total. The van der Waals surface area contributed by atoms with Crippen molar-refractivity contribution < 1.29 is 69.4 Å². The third-order valence-electron chi connectivity index (χ3n) is 7.49. The van der Waals surface area contributed by atoms with E-state index >= 15 is 0 Å². The Hall–Kier alpha value is -4.16. The number of carbonyl (C=O) groups excluding carboxylic acids is 2. The van der Waals surface area contributed by atoms with Crippen LogP contribution in [0, 0.1) is 11.6 Å². The lowest BCUT2D eigenvalue weighted by molar-refractivity contribution is -0.122. The number of nitrogens with zero attached hydrogens (tertiary/aromatic N) is 1. The lowest BCUT2D eigenvalue weighted by atomic mass is 10.1. The molecule has 0 unspecified atom stereocenters. The fourth-order valence-corrected chi connectivity index (χ4v) is 5.61. The zero-order valence-corrected chi connectivity index (χ0v) is 35.1. The van der Waals surface area contributed by atoms with Crippen LogP contribution in [-0.2, 0) is 57.5 Å². The second-order valence-electron chi connectivity index (χ2n) is 12.5. The van der Waals surface area contributed by atoms with E-state index in [9.17, 15) is 26.8 Å². The Morgan fingerprint density at radius 2 is 1.13 bits per heavy atom. The molecule has 0 saturated carbocycles. The van der Waals surface area contributed by atoms with E-state index in [1.54, 1.807) is 0 Å². The average molecular weight is 876 g/mol. The van der Waals surface area contributed by atoms with Crippen molar-refractivity contribution >= 4 is 33.9 Å². The zero-order chi connectivity index (χ0) is 43.9. The Bertz CT molecular complexity index is 1680.